The van der Waals surface area contributed by atoms with Gasteiger partial charge in [-0.1, -0.05) is 54.1 Å². The Labute approximate surface area is 204 Å². The van der Waals surface area contributed by atoms with Crippen LogP contribution in [0.2, 0.25) is 0 Å². The molecule has 8 heteroatoms. The SMILES string of the molecule is Cc1ccc(S(=O)(=O)OC[C@]2(COC(=O)c3ccccc3)C[C@H]2COC(=O)c2ccccc2)cc1. The maximum absolute atomic E-state index is 12.7. The minimum Gasteiger partial charge on any atom is -0.462 e. The molecule has 0 aliphatic heterocycles. The van der Waals surface area contributed by atoms with E-state index in [1.165, 1.54) is 12.1 Å². The zero-order valence-electron chi connectivity index (χ0n) is 19.3. The molecule has 182 valence electrons. The van der Waals surface area contributed by atoms with Crippen LogP contribution in [0.25, 0.3) is 0 Å². The van der Waals surface area contributed by atoms with Gasteiger partial charge in [-0.05, 0) is 49.7 Å². The number of hydrogen-bond acceptors (Lipinski definition) is 7. The molecule has 1 aliphatic rings. The second kappa shape index (κ2) is 10.4. The van der Waals surface area contributed by atoms with Crippen molar-refractivity contribution in [2.24, 2.45) is 11.3 Å². The average Bonchev–Trinajstić information content (AvgIpc) is 3.59. The second-order valence-electron chi connectivity index (χ2n) is 8.70. The summed E-state index contributed by atoms with van der Waals surface area (Å²) in [5.74, 6) is -1.20. The van der Waals surface area contributed by atoms with Gasteiger partial charge in [0.2, 0.25) is 0 Å². The summed E-state index contributed by atoms with van der Waals surface area (Å²) in [4.78, 5) is 24.8. The first kappa shape index (κ1) is 24.6. The lowest BCUT2D eigenvalue weighted by atomic mass is 10.1. The highest BCUT2D eigenvalue weighted by atomic mass is 32.2. The van der Waals surface area contributed by atoms with E-state index in [1.54, 1.807) is 72.8 Å². The molecule has 35 heavy (non-hydrogen) atoms. The van der Waals surface area contributed by atoms with Crippen LogP contribution in [0.1, 0.15) is 32.7 Å². The number of esters is 2. The minimum atomic E-state index is -4.01. The normalized spacial score (nSPS) is 19.1. The predicted octanol–water partition coefficient (Wildman–Crippen LogP) is 4.42. The van der Waals surface area contributed by atoms with E-state index in [0.29, 0.717) is 17.5 Å². The molecule has 0 amide bonds. The van der Waals surface area contributed by atoms with Gasteiger partial charge < -0.3 is 9.47 Å². The Bertz CT molecular complexity index is 1270. The number of carbonyl (C=O) groups excluding carboxylic acids is 2. The second-order valence-corrected chi connectivity index (χ2v) is 10.3. The fourth-order valence-corrected chi connectivity index (χ4v) is 4.73. The van der Waals surface area contributed by atoms with E-state index >= 15 is 0 Å². The van der Waals surface area contributed by atoms with Crippen molar-refractivity contribution in [3.8, 4) is 0 Å². The molecule has 0 heterocycles. The van der Waals surface area contributed by atoms with Crippen molar-refractivity contribution in [1.29, 1.82) is 0 Å². The van der Waals surface area contributed by atoms with E-state index in [-0.39, 0.29) is 30.6 Å². The number of ether oxygens (including phenoxy) is 2. The van der Waals surface area contributed by atoms with E-state index in [4.69, 9.17) is 13.7 Å². The van der Waals surface area contributed by atoms with Gasteiger partial charge in [-0.15, -0.1) is 0 Å². The zero-order valence-corrected chi connectivity index (χ0v) is 20.1. The van der Waals surface area contributed by atoms with Crippen molar-refractivity contribution in [3.05, 3.63) is 102 Å². The summed E-state index contributed by atoms with van der Waals surface area (Å²) < 4.78 is 41.8. The van der Waals surface area contributed by atoms with Crippen molar-refractivity contribution in [2.45, 2.75) is 18.2 Å². The van der Waals surface area contributed by atoms with Gasteiger partial charge in [-0.2, -0.15) is 8.42 Å². The van der Waals surface area contributed by atoms with Gasteiger partial charge in [-0.25, -0.2) is 9.59 Å². The van der Waals surface area contributed by atoms with E-state index in [0.717, 1.165) is 5.56 Å². The monoisotopic (exact) mass is 494 g/mol. The molecule has 7 nitrogen and oxygen atoms in total. The van der Waals surface area contributed by atoms with Crippen LogP contribution >= 0.6 is 0 Å². The minimum absolute atomic E-state index is 0.0484. The fraction of sp³-hybridized carbons (Fsp3) is 0.259. The third-order valence-electron chi connectivity index (χ3n) is 6.10. The van der Waals surface area contributed by atoms with Crippen molar-refractivity contribution in [2.75, 3.05) is 19.8 Å². The number of aryl methyl sites for hydroxylation is 1. The summed E-state index contributed by atoms with van der Waals surface area (Å²) in [6.07, 6.45) is 0.487. The number of benzene rings is 3. The molecule has 2 atom stereocenters. The third-order valence-corrected chi connectivity index (χ3v) is 7.37. The maximum atomic E-state index is 12.7. The molecule has 3 aromatic rings. The van der Waals surface area contributed by atoms with Gasteiger partial charge in [0.25, 0.3) is 10.1 Å². The highest BCUT2D eigenvalue weighted by Gasteiger charge is 2.56. The molecule has 4 rings (SSSR count). The molecule has 3 aromatic carbocycles. The molecule has 0 N–H and O–H groups in total. The van der Waals surface area contributed by atoms with E-state index < -0.39 is 27.5 Å². The molecule has 0 aromatic heterocycles. The Morgan fingerprint density at radius 1 is 0.800 bits per heavy atom. The average molecular weight is 495 g/mol. The van der Waals surface area contributed by atoms with Crippen LogP contribution < -0.4 is 0 Å². The molecule has 0 spiro atoms. The fourth-order valence-electron chi connectivity index (χ4n) is 3.73. The molecule has 1 saturated carbocycles. The first-order valence-corrected chi connectivity index (χ1v) is 12.6. The lowest BCUT2D eigenvalue weighted by molar-refractivity contribution is 0.0276. The topological polar surface area (TPSA) is 96.0 Å². The van der Waals surface area contributed by atoms with E-state index in [2.05, 4.69) is 0 Å². The van der Waals surface area contributed by atoms with Crippen LogP contribution in [0.15, 0.2) is 89.8 Å². The summed E-state index contributed by atoms with van der Waals surface area (Å²) in [6.45, 7) is 1.67. The van der Waals surface area contributed by atoms with Gasteiger partial charge in [0, 0.05) is 11.3 Å². The molecular weight excluding hydrogens is 468 g/mol. The van der Waals surface area contributed by atoms with Gasteiger partial charge in [0.15, 0.2) is 0 Å². The predicted molar refractivity (Wildman–Crippen MR) is 128 cm³/mol. The van der Waals surface area contributed by atoms with Gasteiger partial charge >= 0.3 is 11.9 Å². The first-order valence-electron chi connectivity index (χ1n) is 11.2. The molecule has 0 radical (unpaired) electrons. The van der Waals surface area contributed by atoms with Gasteiger partial charge in [-0.3, -0.25) is 4.18 Å². The Hall–Kier alpha value is -3.49. The molecule has 1 aliphatic carbocycles. The maximum Gasteiger partial charge on any atom is 0.338 e. The largest absolute Gasteiger partial charge is 0.462 e. The standard InChI is InChI=1S/C27H26O7S/c1-20-12-14-24(15-13-20)35(30,31)34-19-27(18-33-26(29)22-10-6-3-7-11-22)16-23(27)17-32-25(28)21-8-4-2-5-9-21/h2-15,23H,16-19H2,1H3/t23-,27+/m0/s1. The van der Waals surface area contributed by atoms with Gasteiger partial charge in [0.05, 0.1) is 35.8 Å². The summed E-state index contributed by atoms with van der Waals surface area (Å²) in [6, 6.07) is 23.5. The Balaban J connectivity index is 1.43. The van der Waals surface area contributed by atoms with E-state index in [9.17, 15) is 18.0 Å². The number of carbonyl (C=O) groups is 2. The zero-order chi connectivity index (χ0) is 24.9. The Morgan fingerprint density at radius 2 is 1.34 bits per heavy atom. The summed E-state index contributed by atoms with van der Waals surface area (Å²) in [7, 11) is -4.01. The summed E-state index contributed by atoms with van der Waals surface area (Å²) in [5, 5.41) is 0. The van der Waals surface area contributed by atoms with Crippen molar-refractivity contribution in [3.63, 3.8) is 0 Å². The Morgan fingerprint density at radius 3 is 1.91 bits per heavy atom. The quantitative estimate of drug-likeness (QED) is 0.304. The smallest absolute Gasteiger partial charge is 0.338 e. The lowest BCUT2D eigenvalue weighted by Gasteiger charge is -2.18. The van der Waals surface area contributed by atoms with Crippen molar-refractivity contribution in [1.82, 2.24) is 0 Å². The van der Waals surface area contributed by atoms with Crippen LogP contribution in [0.5, 0.6) is 0 Å². The molecule has 0 unspecified atom stereocenters. The third kappa shape index (κ3) is 6.15. The summed E-state index contributed by atoms with van der Waals surface area (Å²) >= 11 is 0. The van der Waals surface area contributed by atoms with Crippen molar-refractivity contribution >= 4 is 22.1 Å². The highest BCUT2D eigenvalue weighted by molar-refractivity contribution is 7.86. The van der Waals surface area contributed by atoms with E-state index in [1.807, 2.05) is 6.92 Å². The molecular formula is C27H26O7S. The number of rotatable bonds is 10. The van der Waals surface area contributed by atoms with Crippen LogP contribution in [-0.2, 0) is 23.8 Å². The van der Waals surface area contributed by atoms with Crippen LogP contribution in [0, 0.1) is 18.3 Å². The Kier molecular flexibility index (Phi) is 7.33. The highest BCUT2D eigenvalue weighted by Crippen LogP contribution is 2.53. The number of hydrogen-bond donors (Lipinski definition) is 0. The van der Waals surface area contributed by atoms with Gasteiger partial charge in [0.1, 0.15) is 0 Å². The van der Waals surface area contributed by atoms with Crippen molar-refractivity contribution < 1.29 is 31.7 Å². The van der Waals surface area contributed by atoms with Crippen LogP contribution in [0.3, 0.4) is 0 Å². The molecule has 0 bridgehead atoms. The summed E-state index contributed by atoms with van der Waals surface area (Å²) in [5.41, 5.74) is 0.964. The van der Waals surface area contributed by atoms with Crippen LogP contribution in [0.4, 0.5) is 0 Å². The first-order chi connectivity index (χ1) is 16.8. The van der Waals surface area contributed by atoms with Crippen LogP contribution in [-0.4, -0.2) is 40.2 Å². The molecule has 0 saturated heterocycles. The molecule has 1 fully saturated rings. The lowest BCUT2D eigenvalue weighted by Crippen LogP contribution is -2.26.